The van der Waals surface area contributed by atoms with Crippen molar-refractivity contribution in [3.05, 3.63) is 11.3 Å². The molecule has 2 rings (SSSR count). The maximum Gasteiger partial charge on any atom is 0.259 e. The van der Waals surface area contributed by atoms with Gasteiger partial charge in [0.25, 0.3) is 5.70 Å². The van der Waals surface area contributed by atoms with E-state index in [1.54, 1.807) is 0 Å². The second-order valence-corrected chi connectivity index (χ2v) is 2.63. The fourth-order valence-electron chi connectivity index (χ4n) is 1.34. The van der Waals surface area contributed by atoms with Crippen LogP contribution in [0.25, 0.3) is 0 Å². The van der Waals surface area contributed by atoms with Crippen LogP contribution in [0.1, 0.15) is 19.3 Å². The first-order valence-electron chi connectivity index (χ1n) is 3.68. The number of rotatable bonds is 0. The molecule has 10 heavy (non-hydrogen) atoms. The lowest BCUT2D eigenvalue weighted by Gasteiger charge is -2.06. The Morgan fingerprint density at radius 2 is 2.50 bits per heavy atom. The summed E-state index contributed by atoms with van der Waals surface area (Å²) in [4.78, 5) is 8.52. The fraction of sp³-hybridized carbons (Fsp3) is 0.500. The predicted molar refractivity (Wildman–Crippen MR) is 42.4 cm³/mol. The Kier molecular flexibility index (Phi) is 1.38. The minimum Gasteiger partial charge on any atom is -0.292 e. The monoisotopic (exact) mass is 134 g/mol. The average Bonchev–Trinajstić information content (AvgIpc) is 2.05. The van der Waals surface area contributed by atoms with E-state index in [1.165, 1.54) is 17.7 Å². The first kappa shape index (κ1) is 5.83. The molecule has 0 amide bonds. The van der Waals surface area contributed by atoms with Crippen molar-refractivity contribution in [1.82, 2.24) is 4.99 Å². The van der Waals surface area contributed by atoms with E-state index in [2.05, 4.69) is 9.98 Å². The third-order valence-corrected chi connectivity index (χ3v) is 1.93. The summed E-state index contributed by atoms with van der Waals surface area (Å²) >= 11 is 0. The molecule has 0 aromatic heterocycles. The van der Waals surface area contributed by atoms with Gasteiger partial charge in [0, 0.05) is 18.2 Å². The molecule has 2 heterocycles. The Bertz CT molecular complexity index is 223. The average molecular weight is 134 g/mol. The molecule has 51 valence electrons. The Labute approximate surface area is 60.4 Å². The lowest BCUT2D eigenvalue weighted by atomic mass is 10.0. The van der Waals surface area contributed by atoms with Gasteiger partial charge < -0.3 is 0 Å². The van der Waals surface area contributed by atoms with Crippen LogP contribution >= 0.6 is 0 Å². The quantitative estimate of drug-likeness (QED) is 0.471. The van der Waals surface area contributed by atoms with Crippen LogP contribution in [-0.4, -0.2) is 19.0 Å². The molecule has 2 aliphatic rings. The van der Waals surface area contributed by atoms with Gasteiger partial charge in [-0.05, 0) is 6.42 Å². The van der Waals surface area contributed by atoms with Crippen LogP contribution in [0.5, 0.6) is 0 Å². The summed E-state index contributed by atoms with van der Waals surface area (Å²) < 4.78 is 0. The molecule has 1 radical (unpaired) electrons. The van der Waals surface area contributed by atoms with Gasteiger partial charge in [0.1, 0.15) is 0 Å². The summed E-state index contributed by atoms with van der Waals surface area (Å²) in [6.07, 6.45) is 7.20. The standard InChI is InChI=1S/C8H10N2/c1-2-7-6-9-5-3-8(7)10-4-1/h4-5H,1-3,6H2/q+1. The van der Waals surface area contributed by atoms with E-state index in [0.29, 0.717) is 0 Å². The van der Waals surface area contributed by atoms with Crippen LogP contribution in [0, 0.1) is 0 Å². The second kappa shape index (κ2) is 2.37. The Hall–Kier alpha value is -0.920. The Morgan fingerprint density at radius 3 is 3.40 bits per heavy atom. The lowest BCUT2D eigenvalue weighted by Crippen LogP contribution is -2.11. The molecule has 0 spiro atoms. The summed E-state index contributed by atoms with van der Waals surface area (Å²) in [7, 11) is 0. The van der Waals surface area contributed by atoms with Gasteiger partial charge in [-0.2, -0.15) is 0 Å². The lowest BCUT2D eigenvalue weighted by molar-refractivity contribution is 0.853. The molecule has 0 fully saturated rings. The molecule has 0 aliphatic carbocycles. The molecule has 2 nitrogen and oxygen atoms in total. The summed E-state index contributed by atoms with van der Waals surface area (Å²) in [5, 5.41) is 0. The van der Waals surface area contributed by atoms with Crippen molar-refractivity contribution in [2.75, 3.05) is 6.54 Å². The minimum absolute atomic E-state index is 0.896. The van der Waals surface area contributed by atoms with Crippen LogP contribution in [0.4, 0.5) is 0 Å². The molecule has 0 saturated carbocycles. The normalized spacial score (nSPS) is 23.2. The first-order valence-corrected chi connectivity index (χ1v) is 3.68. The summed E-state index contributed by atoms with van der Waals surface area (Å²) in [6.45, 7) is 0.896. The van der Waals surface area contributed by atoms with Crippen LogP contribution < -0.4 is 4.99 Å². The van der Waals surface area contributed by atoms with Gasteiger partial charge in [0.2, 0.25) is 6.21 Å². The number of aliphatic imine (C=N–C) groups is 2. The van der Waals surface area contributed by atoms with Crippen molar-refractivity contribution in [2.45, 2.75) is 19.3 Å². The zero-order chi connectivity index (χ0) is 6.81. The van der Waals surface area contributed by atoms with Gasteiger partial charge in [-0.25, -0.2) is 0 Å². The highest BCUT2D eigenvalue weighted by Gasteiger charge is 2.20. The molecule has 0 aromatic carbocycles. The smallest absolute Gasteiger partial charge is 0.259 e. The van der Waals surface area contributed by atoms with Crippen molar-refractivity contribution in [2.24, 2.45) is 4.99 Å². The van der Waals surface area contributed by atoms with Gasteiger partial charge >= 0.3 is 0 Å². The minimum atomic E-state index is 0.896. The highest BCUT2D eigenvalue weighted by atomic mass is 14.8. The highest BCUT2D eigenvalue weighted by molar-refractivity contribution is 5.67. The highest BCUT2D eigenvalue weighted by Crippen LogP contribution is 2.17. The number of hydrogen-bond donors (Lipinski definition) is 0. The number of dihydropyridines is 1. The molecule has 0 saturated heterocycles. The van der Waals surface area contributed by atoms with Crippen molar-refractivity contribution in [1.29, 1.82) is 0 Å². The van der Waals surface area contributed by atoms with Crippen LogP contribution in [0.3, 0.4) is 0 Å². The molecule has 0 aromatic rings. The van der Waals surface area contributed by atoms with E-state index >= 15 is 0 Å². The SMILES string of the molecule is C1=NCC2=C(C1)[N+]=CCC2. The van der Waals surface area contributed by atoms with Crippen LogP contribution in [0.2, 0.25) is 0 Å². The number of allylic oxidation sites excluding steroid dienone is 1. The molecule has 0 atom stereocenters. The Balaban J connectivity index is 2.25. The van der Waals surface area contributed by atoms with E-state index < -0.39 is 0 Å². The van der Waals surface area contributed by atoms with Gasteiger partial charge in [0.05, 0.1) is 18.0 Å². The predicted octanol–water partition coefficient (Wildman–Crippen LogP) is 0.915. The molecule has 0 unspecified atom stereocenters. The summed E-state index contributed by atoms with van der Waals surface area (Å²) in [6, 6.07) is 0. The zero-order valence-corrected chi connectivity index (χ0v) is 5.88. The molecular weight excluding hydrogens is 124 g/mol. The maximum atomic E-state index is 4.31. The third-order valence-electron chi connectivity index (χ3n) is 1.93. The summed E-state index contributed by atoms with van der Waals surface area (Å²) in [5.74, 6) is 0. The zero-order valence-electron chi connectivity index (χ0n) is 5.88. The van der Waals surface area contributed by atoms with Gasteiger partial charge in [-0.15, -0.1) is 0 Å². The van der Waals surface area contributed by atoms with Crippen LogP contribution in [0.15, 0.2) is 16.3 Å². The van der Waals surface area contributed by atoms with Crippen molar-refractivity contribution in [3.8, 4) is 0 Å². The van der Waals surface area contributed by atoms with E-state index in [9.17, 15) is 0 Å². The van der Waals surface area contributed by atoms with Gasteiger partial charge in [0.15, 0.2) is 0 Å². The Morgan fingerprint density at radius 1 is 1.50 bits per heavy atom. The van der Waals surface area contributed by atoms with Gasteiger partial charge in [-0.3, -0.25) is 4.99 Å². The van der Waals surface area contributed by atoms with Crippen LogP contribution in [-0.2, 0) is 0 Å². The first-order chi connectivity index (χ1) is 4.97. The van der Waals surface area contributed by atoms with E-state index in [-0.39, 0.29) is 0 Å². The largest absolute Gasteiger partial charge is 0.292 e. The molecule has 2 aliphatic heterocycles. The third kappa shape index (κ3) is 0.897. The molecule has 0 N–H and O–H groups in total. The van der Waals surface area contributed by atoms with Crippen molar-refractivity contribution >= 4 is 12.4 Å². The second-order valence-electron chi connectivity index (χ2n) is 2.63. The van der Waals surface area contributed by atoms with E-state index in [1.807, 2.05) is 12.4 Å². The fourth-order valence-corrected chi connectivity index (χ4v) is 1.34. The molecule has 2 heteroatoms. The topological polar surface area (TPSA) is 26.5 Å². The van der Waals surface area contributed by atoms with E-state index in [0.717, 1.165) is 19.4 Å². The number of nitrogens with zero attached hydrogens (tertiary/aromatic N) is 2. The molecule has 0 bridgehead atoms. The van der Waals surface area contributed by atoms with Crippen molar-refractivity contribution < 1.29 is 0 Å². The van der Waals surface area contributed by atoms with E-state index in [4.69, 9.17) is 0 Å². The number of hydrogen-bond acceptors (Lipinski definition) is 2. The van der Waals surface area contributed by atoms with Gasteiger partial charge in [-0.1, -0.05) is 0 Å². The van der Waals surface area contributed by atoms with Crippen molar-refractivity contribution in [3.63, 3.8) is 0 Å². The summed E-state index contributed by atoms with van der Waals surface area (Å²) in [5.41, 5.74) is 2.71. The maximum absolute atomic E-state index is 4.31. The molecular formula is C8H10N2+.